The minimum absolute atomic E-state index is 0.200. The molecule has 2 heterocycles. The van der Waals surface area contributed by atoms with Crippen LogP contribution in [0.5, 0.6) is 0 Å². The summed E-state index contributed by atoms with van der Waals surface area (Å²) in [6, 6.07) is 0.200. The van der Waals surface area contributed by atoms with Crippen molar-refractivity contribution < 1.29 is 8.42 Å². The van der Waals surface area contributed by atoms with Gasteiger partial charge < -0.3 is 5.32 Å². The zero-order valence-corrected chi connectivity index (χ0v) is 11.2. The van der Waals surface area contributed by atoms with Gasteiger partial charge in [-0.25, -0.2) is 8.42 Å². The van der Waals surface area contributed by atoms with Crippen LogP contribution in [-0.2, 0) is 16.6 Å². The molecule has 0 spiro atoms. The lowest BCUT2D eigenvalue weighted by Crippen LogP contribution is -2.38. The van der Waals surface area contributed by atoms with Crippen LogP contribution in [0.15, 0.2) is 11.2 Å². The summed E-state index contributed by atoms with van der Waals surface area (Å²) in [5, 5.41) is 9.74. The van der Waals surface area contributed by atoms with Gasteiger partial charge in [-0.2, -0.15) is 9.40 Å². The summed E-state index contributed by atoms with van der Waals surface area (Å²) in [5.74, 6) is 0.556. The highest BCUT2D eigenvalue weighted by molar-refractivity contribution is 7.89. The predicted octanol–water partition coefficient (Wildman–Crippen LogP) is 0.302. The standard InChI is InChI=1S/C11H18N4O2S/c1-12-5-9-6-13-14-11(9)18(16,17)15-7-8-2-3-10(15)4-8/h6,8,10,12H,2-5,7H2,1H3,(H,13,14). The third-order valence-electron chi connectivity index (χ3n) is 3.97. The van der Waals surface area contributed by atoms with Crippen molar-refractivity contribution in [2.24, 2.45) is 5.92 Å². The molecule has 2 N–H and O–H groups in total. The van der Waals surface area contributed by atoms with Crippen LogP contribution >= 0.6 is 0 Å². The quantitative estimate of drug-likeness (QED) is 0.825. The maximum absolute atomic E-state index is 12.6. The fourth-order valence-electron chi connectivity index (χ4n) is 3.13. The first-order valence-corrected chi connectivity index (χ1v) is 7.75. The average molecular weight is 270 g/mol. The van der Waals surface area contributed by atoms with Crippen molar-refractivity contribution in [3.8, 4) is 0 Å². The molecule has 6 nitrogen and oxygen atoms in total. The van der Waals surface area contributed by atoms with E-state index < -0.39 is 10.0 Å². The number of fused-ring (bicyclic) bond motifs is 2. The molecule has 100 valence electrons. The Morgan fingerprint density at radius 2 is 2.39 bits per heavy atom. The maximum Gasteiger partial charge on any atom is 0.260 e. The molecule has 7 heteroatoms. The van der Waals surface area contributed by atoms with Gasteiger partial charge in [-0.05, 0) is 32.2 Å². The Morgan fingerprint density at radius 1 is 1.56 bits per heavy atom. The Balaban J connectivity index is 1.92. The first-order valence-electron chi connectivity index (χ1n) is 6.31. The summed E-state index contributed by atoms with van der Waals surface area (Å²) in [6.07, 6.45) is 4.77. The van der Waals surface area contributed by atoms with Crippen LogP contribution in [0, 0.1) is 5.92 Å². The number of sulfonamides is 1. The van der Waals surface area contributed by atoms with E-state index in [-0.39, 0.29) is 11.1 Å². The van der Waals surface area contributed by atoms with Gasteiger partial charge >= 0.3 is 0 Å². The molecule has 1 saturated heterocycles. The molecule has 3 rings (SSSR count). The highest BCUT2D eigenvalue weighted by atomic mass is 32.2. The second-order valence-electron chi connectivity index (χ2n) is 5.16. The number of piperidine rings is 1. The molecule has 18 heavy (non-hydrogen) atoms. The fourth-order valence-corrected chi connectivity index (χ4v) is 4.98. The normalized spacial score (nSPS) is 28.1. The van der Waals surface area contributed by atoms with E-state index in [9.17, 15) is 8.42 Å². The van der Waals surface area contributed by atoms with E-state index in [1.165, 1.54) is 6.42 Å². The van der Waals surface area contributed by atoms with Gasteiger partial charge in [0, 0.05) is 24.7 Å². The van der Waals surface area contributed by atoms with Gasteiger partial charge in [0.25, 0.3) is 10.0 Å². The topological polar surface area (TPSA) is 78.1 Å². The van der Waals surface area contributed by atoms with Crippen LogP contribution in [-0.4, -0.2) is 42.6 Å². The van der Waals surface area contributed by atoms with Crippen molar-refractivity contribution in [1.82, 2.24) is 19.8 Å². The van der Waals surface area contributed by atoms with E-state index in [4.69, 9.17) is 0 Å². The van der Waals surface area contributed by atoms with Crippen LogP contribution in [0.25, 0.3) is 0 Å². The molecule has 2 aliphatic rings. The Kier molecular flexibility index (Phi) is 2.91. The molecule has 1 aromatic rings. The van der Waals surface area contributed by atoms with Crippen LogP contribution in [0.2, 0.25) is 0 Å². The summed E-state index contributed by atoms with van der Waals surface area (Å²) in [5.41, 5.74) is 0.709. The number of hydrogen-bond acceptors (Lipinski definition) is 4. The van der Waals surface area contributed by atoms with Crippen molar-refractivity contribution >= 4 is 10.0 Å². The van der Waals surface area contributed by atoms with Crippen LogP contribution in [0.3, 0.4) is 0 Å². The minimum atomic E-state index is -3.40. The molecular formula is C11H18N4O2S. The van der Waals surface area contributed by atoms with Gasteiger partial charge in [-0.3, -0.25) is 5.10 Å². The number of aromatic nitrogens is 2. The Labute approximate surface area is 107 Å². The van der Waals surface area contributed by atoms with Gasteiger partial charge in [0.2, 0.25) is 0 Å². The highest BCUT2D eigenvalue weighted by Crippen LogP contribution is 2.40. The van der Waals surface area contributed by atoms with Crippen LogP contribution in [0.1, 0.15) is 24.8 Å². The summed E-state index contributed by atoms with van der Waals surface area (Å²) in [6.45, 7) is 1.18. The SMILES string of the molecule is CNCc1cn[nH]c1S(=O)(=O)N1CC2CCC1C2. The van der Waals surface area contributed by atoms with E-state index in [2.05, 4.69) is 15.5 Å². The number of aromatic amines is 1. The molecule has 0 aromatic carbocycles. The molecule has 2 unspecified atom stereocenters. The van der Waals surface area contributed by atoms with Gasteiger partial charge in [-0.1, -0.05) is 0 Å². The Bertz CT molecular complexity index is 539. The molecule has 0 radical (unpaired) electrons. The average Bonchev–Trinajstić information content (AvgIpc) is 3.04. The zero-order valence-electron chi connectivity index (χ0n) is 10.4. The zero-order chi connectivity index (χ0) is 12.8. The lowest BCUT2D eigenvalue weighted by atomic mass is 10.1. The summed E-state index contributed by atoms with van der Waals surface area (Å²) >= 11 is 0. The van der Waals surface area contributed by atoms with E-state index in [1.54, 1.807) is 17.5 Å². The van der Waals surface area contributed by atoms with Gasteiger partial charge in [-0.15, -0.1) is 0 Å². The van der Waals surface area contributed by atoms with Crippen molar-refractivity contribution in [2.75, 3.05) is 13.6 Å². The first-order chi connectivity index (χ1) is 8.63. The Hall–Kier alpha value is -0.920. The largest absolute Gasteiger partial charge is 0.316 e. The third kappa shape index (κ3) is 1.77. The predicted molar refractivity (Wildman–Crippen MR) is 66.4 cm³/mol. The lowest BCUT2D eigenvalue weighted by Gasteiger charge is -2.25. The Morgan fingerprint density at radius 3 is 3.00 bits per heavy atom. The number of rotatable bonds is 4. The molecule has 2 bridgehead atoms. The van der Waals surface area contributed by atoms with E-state index >= 15 is 0 Å². The molecule has 2 fully saturated rings. The maximum atomic E-state index is 12.6. The van der Waals surface area contributed by atoms with Gasteiger partial charge in [0.15, 0.2) is 5.03 Å². The van der Waals surface area contributed by atoms with Crippen molar-refractivity contribution in [3.05, 3.63) is 11.8 Å². The van der Waals surface area contributed by atoms with Gasteiger partial charge in [0.1, 0.15) is 0 Å². The van der Waals surface area contributed by atoms with Gasteiger partial charge in [0.05, 0.1) is 6.20 Å². The van der Waals surface area contributed by atoms with E-state index in [0.29, 0.717) is 24.6 Å². The molecule has 2 atom stereocenters. The second-order valence-corrected chi connectivity index (χ2v) is 6.99. The molecule has 1 saturated carbocycles. The third-order valence-corrected chi connectivity index (χ3v) is 5.91. The number of H-pyrrole nitrogens is 1. The number of hydrogen-bond donors (Lipinski definition) is 2. The lowest BCUT2D eigenvalue weighted by molar-refractivity contribution is 0.332. The summed E-state index contributed by atoms with van der Waals surface area (Å²) < 4.78 is 26.9. The fraction of sp³-hybridized carbons (Fsp3) is 0.727. The molecule has 0 amide bonds. The summed E-state index contributed by atoms with van der Waals surface area (Å²) in [7, 11) is -1.61. The van der Waals surface area contributed by atoms with Crippen molar-refractivity contribution in [1.29, 1.82) is 0 Å². The number of nitrogens with one attached hydrogen (secondary N) is 2. The molecular weight excluding hydrogens is 252 g/mol. The van der Waals surface area contributed by atoms with Crippen molar-refractivity contribution in [3.63, 3.8) is 0 Å². The monoisotopic (exact) mass is 270 g/mol. The van der Waals surface area contributed by atoms with Crippen molar-refractivity contribution in [2.45, 2.75) is 36.9 Å². The second kappa shape index (κ2) is 4.32. The first kappa shape index (κ1) is 12.1. The van der Waals surface area contributed by atoms with Crippen LogP contribution < -0.4 is 5.32 Å². The smallest absolute Gasteiger partial charge is 0.260 e. The van der Waals surface area contributed by atoms with E-state index in [0.717, 1.165) is 12.8 Å². The van der Waals surface area contributed by atoms with Crippen LogP contribution in [0.4, 0.5) is 0 Å². The number of nitrogens with zero attached hydrogens (tertiary/aromatic N) is 2. The van der Waals surface area contributed by atoms with E-state index in [1.807, 2.05) is 0 Å². The molecule has 1 aliphatic carbocycles. The molecule has 1 aromatic heterocycles. The summed E-state index contributed by atoms with van der Waals surface area (Å²) in [4.78, 5) is 0. The highest BCUT2D eigenvalue weighted by Gasteiger charge is 2.45. The molecule has 1 aliphatic heterocycles. The minimum Gasteiger partial charge on any atom is -0.316 e.